The molecule has 8 heteroatoms. The molecule has 1 amide bonds. The predicted molar refractivity (Wildman–Crippen MR) is 81.2 cm³/mol. The van der Waals surface area contributed by atoms with E-state index >= 15 is 0 Å². The Labute approximate surface area is 124 Å². The monoisotopic (exact) mass is 296 g/mol. The zero-order chi connectivity index (χ0) is 16.0. The first kappa shape index (κ1) is 16.9. The first-order valence-corrected chi connectivity index (χ1v) is 7.06. The highest BCUT2D eigenvalue weighted by atomic mass is 16.5. The van der Waals surface area contributed by atoms with Crippen molar-refractivity contribution in [1.82, 2.24) is 15.0 Å². The molecule has 0 radical (unpaired) electrons. The number of rotatable bonds is 8. The van der Waals surface area contributed by atoms with Gasteiger partial charge in [-0.1, -0.05) is 13.8 Å². The Morgan fingerprint density at radius 2 is 1.81 bits per heavy atom. The standard InChI is InChI=1S/C13H24N6O2/c1-6-15-11-17-12(16-9(7(2)3)10(14)20)19-13(18-11)21-8(4)5/h7-9H,6H2,1-5H3,(H2,14,20)(H2,15,16,17,18,19). The van der Waals surface area contributed by atoms with Gasteiger partial charge < -0.3 is 21.1 Å². The van der Waals surface area contributed by atoms with Crippen LogP contribution >= 0.6 is 0 Å². The molecule has 0 saturated carbocycles. The summed E-state index contributed by atoms with van der Waals surface area (Å²) in [7, 11) is 0. The lowest BCUT2D eigenvalue weighted by Crippen LogP contribution is -2.40. The van der Waals surface area contributed by atoms with E-state index in [1.807, 2.05) is 34.6 Å². The molecule has 1 atom stereocenters. The van der Waals surface area contributed by atoms with Crippen LogP contribution in [0.25, 0.3) is 0 Å². The number of nitrogens with two attached hydrogens (primary N) is 1. The first-order valence-electron chi connectivity index (χ1n) is 7.06. The molecule has 4 N–H and O–H groups in total. The second kappa shape index (κ2) is 7.61. The van der Waals surface area contributed by atoms with E-state index in [-0.39, 0.29) is 24.0 Å². The lowest BCUT2D eigenvalue weighted by molar-refractivity contribution is -0.119. The maximum absolute atomic E-state index is 11.5. The van der Waals surface area contributed by atoms with Gasteiger partial charge in [0.2, 0.25) is 17.8 Å². The van der Waals surface area contributed by atoms with Gasteiger partial charge in [-0.25, -0.2) is 0 Å². The number of ether oxygens (including phenoxy) is 1. The Kier molecular flexibility index (Phi) is 6.13. The molecule has 1 aromatic heterocycles. The van der Waals surface area contributed by atoms with Gasteiger partial charge in [-0.2, -0.15) is 15.0 Å². The number of amides is 1. The summed E-state index contributed by atoms with van der Waals surface area (Å²) in [5, 5.41) is 5.93. The molecular weight excluding hydrogens is 272 g/mol. The minimum atomic E-state index is -0.561. The van der Waals surface area contributed by atoms with Gasteiger partial charge in [-0.05, 0) is 26.7 Å². The van der Waals surface area contributed by atoms with Gasteiger partial charge in [0.15, 0.2) is 0 Å². The maximum atomic E-state index is 11.5. The minimum Gasteiger partial charge on any atom is -0.461 e. The lowest BCUT2D eigenvalue weighted by Gasteiger charge is -2.19. The molecule has 8 nitrogen and oxygen atoms in total. The molecule has 21 heavy (non-hydrogen) atoms. The van der Waals surface area contributed by atoms with E-state index in [1.165, 1.54) is 0 Å². The van der Waals surface area contributed by atoms with Crippen LogP contribution in [0.4, 0.5) is 11.9 Å². The number of primary amides is 1. The van der Waals surface area contributed by atoms with Crippen molar-refractivity contribution in [2.45, 2.75) is 46.8 Å². The van der Waals surface area contributed by atoms with Crippen LogP contribution < -0.4 is 21.1 Å². The van der Waals surface area contributed by atoms with E-state index in [1.54, 1.807) is 0 Å². The first-order chi connectivity index (χ1) is 9.83. The van der Waals surface area contributed by atoms with Gasteiger partial charge in [0, 0.05) is 6.54 Å². The fourth-order valence-electron chi connectivity index (χ4n) is 1.63. The van der Waals surface area contributed by atoms with E-state index in [0.29, 0.717) is 12.5 Å². The molecule has 1 rings (SSSR count). The smallest absolute Gasteiger partial charge is 0.323 e. The second-order valence-corrected chi connectivity index (χ2v) is 5.23. The molecule has 118 valence electrons. The molecule has 1 unspecified atom stereocenters. The number of aromatic nitrogens is 3. The van der Waals surface area contributed by atoms with Gasteiger partial charge in [-0.3, -0.25) is 4.79 Å². The van der Waals surface area contributed by atoms with Crippen molar-refractivity contribution in [3.8, 4) is 6.01 Å². The van der Waals surface area contributed by atoms with Crippen molar-refractivity contribution in [3.63, 3.8) is 0 Å². The molecule has 0 spiro atoms. The number of anilines is 2. The Morgan fingerprint density at radius 1 is 1.19 bits per heavy atom. The summed E-state index contributed by atoms with van der Waals surface area (Å²) in [6, 6.07) is -0.362. The Hall–Kier alpha value is -2.12. The van der Waals surface area contributed by atoms with Gasteiger partial charge in [0.05, 0.1) is 6.10 Å². The molecule has 0 aromatic carbocycles. The molecule has 0 aliphatic rings. The summed E-state index contributed by atoms with van der Waals surface area (Å²) >= 11 is 0. The van der Waals surface area contributed by atoms with Crippen LogP contribution in [-0.2, 0) is 4.79 Å². The van der Waals surface area contributed by atoms with Crippen LogP contribution in [0.2, 0.25) is 0 Å². The van der Waals surface area contributed by atoms with E-state index in [0.717, 1.165) is 0 Å². The quantitative estimate of drug-likeness (QED) is 0.655. The van der Waals surface area contributed by atoms with E-state index in [4.69, 9.17) is 10.5 Å². The molecule has 0 aliphatic heterocycles. The van der Waals surface area contributed by atoms with Gasteiger partial charge in [0.1, 0.15) is 6.04 Å². The maximum Gasteiger partial charge on any atom is 0.323 e. The summed E-state index contributed by atoms with van der Waals surface area (Å²) < 4.78 is 5.49. The van der Waals surface area contributed by atoms with Crippen LogP contribution in [0.5, 0.6) is 6.01 Å². The fraction of sp³-hybridized carbons (Fsp3) is 0.692. The molecule has 1 heterocycles. The van der Waals surface area contributed by atoms with Crippen molar-refractivity contribution < 1.29 is 9.53 Å². The third-order valence-corrected chi connectivity index (χ3v) is 2.55. The number of carbonyl (C=O) groups is 1. The fourth-order valence-corrected chi connectivity index (χ4v) is 1.63. The minimum absolute atomic E-state index is 0.0105. The molecule has 0 bridgehead atoms. The third kappa shape index (κ3) is 5.41. The van der Waals surface area contributed by atoms with E-state index < -0.39 is 11.9 Å². The molecule has 0 saturated heterocycles. The van der Waals surface area contributed by atoms with Crippen molar-refractivity contribution in [2.75, 3.05) is 17.2 Å². The summed E-state index contributed by atoms with van der Waals surface area (Å²) in [6.07, 6.45) is -0.0632. The number of nitrogens with zero attached hydrogens (tertiary/aromatic N) is 3. The number of hydrogen-bond donors (Lipinski definition) is 3. The normalized spacial score (nSPS) is 12.3. The SMILES string of the molecule is CCNc1nc(NC(C(N)=O)C(C)C)nc(OC(C)C)n1. The second-order valence-electron chi connectivity index (χ2n) is 5.23. The number of nitrogens with one attached hydrogen (secondary N) is 2. The third-order valence-electron chi connectivity index (χ3n) is 2.55. The average molecular weight is 296 g/mol. The number of carbonyl (C=O) groups excluding carboxylic acids is 1. The van der Waals surface area contributed by atoms with Crippen molar-refractivity contribution in [2.24, 2.45) is 11.7 Å². The van der Waals surface area contributed by atoms with Crippen molar-refractivity contribution >= 4 is 17.8 Å². The van der Waals surface area contributed by atoms with Crippen LogP contribution in [0.15, 0.2) is 0 Å². The highest BCUT2D eigenvalue weighted by Gasteiger charge is 2.21. The van der Waals surface area contributed by atoms with Gasteiger partial charge in [0.25, 0.3) is 0 Å². The van der Waals surface area contributed by atoms with Gasteiger partial charge >= 0.3 is 6.01 Å². The molecule has 1 aromatic rings. The Morgan fingerprint density at radius 3 is 2.29 bits per heavy atom. The van der Waals surface area contributed by atoms with Gasteiger partial charge in [-0.15, -0.1) is 0 Å². The average Bonchev–Trinajstić information content (AvgIpc) is 2.34. The summed E-state index contributed by atoms with van der Waals surface area (Å²) in [5.74, 6) is 0.199. The Balaban J connectivity index is 3.03. The Bertz CT molecular complexity index is 478. The zero-order valence-corrected chi connectivity index (χ0v) is 13.2. The van der Waals surface area contributed by atoms with Crippen LogP contribution in [0, 0.1) is 5.92 Å². The van der Waals surface area contributed by atoms with E-state index in [2.05, 4.69) is 25.6 Å². The topological polar surface area (TPSA) is 115 Å². The summed E-state index contributed by atoms with van der Waals surface area (Å²) in [6.45, 7) is 10.1. The summed E-state index contributed by atoms with van der Waals surface area (Å²) in [5.41, 5.74) is 5.38. The lowest BCUT2D eigenvalue weighted by atomic mass is 10.0. The van der Waals surface area contributed by atoms with Crippen LogP contribution in [0.3, 0.4) is 0 Å². The van der Waals surface area contributed by atoms with Crippen LogP contribution in [0.1, 0.15) is 34.6 Å². The van der Waals surface area contributed by atoms with Crippen LogP contribution in [-0.4, -0.2) is 39.5 Å². The number of hydrogen-bond acceptors (Lipinski definition) is 7. The molecular formula is C13H24N6O2. The van der Waals surface area contributed by atoms with Crippen molar-refractivity contribution in [3.05, 3.63) is 0 Å². The van der Waals surface area contributed by atoms with Crippen molar-refractivity contribution in [1.29, 1.82) is 0 Å². The highest BCUT2D eigenvalue weighted by Crippen LogP contribution is 2.15. The van der Waals surface area contributed by atoms with E-state index in [9.17, 15) is 4.79 Å². The predicted octanol–water partition coefficient (Wildman–Crippen LogP) is 1.01. The highest BCUT2D eigenvalue weighted by molar-refractivity contribution is 5.82. The summed E-state index contributed by atoms with van der Waals surface area (Å²) in [4.78, 5) is 24.0. The molecule has 0 fully saturated rings. The largest absolute Gasteiger partial charge is 0.461 e. The molecule has 0 aliphatic carbocycles. The zero-order valence-electron chi connectivity index (χ0n) is 13.2.